The molecule has 1 aromatic rings. The van der Waals surface area contributed by atoms with Crippen LogP contribution in [-0.2, 0) is 4.79 Å². The second-order valence-electron chi connectivity index (χ2n) is 4.52. The molecule has 2 N–H and O–H groups in total. The SMILES string of the molecule is CC.CC.CC(=O)Nc1ccnc(OCC(C)(C)CO)n1. The van der Waals surface area contributed by atoms with Crippen molar-refractivity contribution in [1.29, 1.82) is 0 Å². The fraction of sp³-hybridized carbons (Fsp3) is 0.667. The van der Waals surface area contributed by atoms with Crippen LogP contribution < -0.4 is 10.1 Å². The molecule has 0 aliphatic rings. The van der Waals surface area contributed by atoms with Gasteiger partial charge in [-0.1, -0.05) is 41.5 Å². The van der Waals surface area contributed by atoms with Crippen molar-refractivity contribution < 1.29 is 14.6 Å². The average Bonchev–Trinajstić information content (AvgIpc) is 2.49. The number of amides is 1. The Bertz CT molecular complexity index is 396. The number of hydrogen-bond donors (Lipinski definition) is 2. The molecule has 0 radical (unpaired) electrons. The molecule has 0 saturated carbocycles. The first-order valence-electron chi connectivity index (χ1n) is 7.27. The molecule has 6 heteroatoms. The van der Waals surface area contributed by atoms with E-state index in [2.05, 4.69) is 15.3 Å². The predicted octanol–water partition coefficient (Wildman–Crippen LogP) is 2.88. The molecule has 0 atom stereocenters. The van der Waals surface area contributed by atoms with Gasteiger partial charge >= 0.3 is 6.01 Å². The minimum Gasteiger partial charge on any atom is -0.463 e. The van der Waals surface area contributed by atoms with Crippen LogP contribution in [0.4, 0.5) is 5.82 Å². The molecule has 1 aromatic heterocycles. The van der Waals surface area contributed by atoms with Crippen molar-refractivity contribution in [2.45, 2.75) is 48.5 Å². The van der Waals surface area contributed by atoms with Gasteiger partial charge in [-0.05, 0) is 6.07 Å². The van der Waals surface area contributed by atoms with Crippen molar-refractivity contribution in [2.24, 2.45) is 5.41 Å². The zero-order chi connectivity index (χ0) is 16.9. The third-order valence-corrected chi connectivity index (χ3v) is 1.96. The Morgan fingerprint density at radius 1 is 1.33 bits per heavy atom. The lowest BCUT2D eigenvalue weighted by Crippen LogP contribution is -2.26. The normalized spacial score (nSPS) is 9.52. The Balaban J connectivity index is 0. The maximum Gasteiger partial charge on any atom is 0.318 e. The van der Waals surface area contributed by atoms with E-state index in [4.69, 9.17) is 9.84 Å². The van der Waals surface area contributed by atoms with Crippen molar-refractivity contribution in [3.8, 4) is 6.01 Å². The molecule has 0 bridgehead atoms. The van der Waals surface area contributed by atoms with Crippen LogP contribution in [0.1, 0.15) is 48.5 Å². The highest BCUT2D eigenvalue weighted by atomic mass is 16.5. The number of aliphatic hydroxyl groups excluding tert-OH is 1. The number of nitrogens with one attached hydrogen (secondary N) is 1. The van der Waals surface area contributed by atoms with Crippen LogP contribution in [0.15, 0.2) is 12.3 Å². The summed E-state index contributed by atoms with van der Waals surface area (Å²) in [5.41, 5.74) is -0.354. The zero-order valence-corrected chi connectivity index (χ0v) is 14.2. The van der Waals surface area contributed by atoms with Crippen molar-refractivity contribution in [3.63, 3.8) is 0 Å². The Hall–Kier alpha value is -1.69. The minimum atomic E-state index is -0.354. The summed E-state index contributed by atoms with van der Waals surface area (Å²) in [6.07, 6.45) is 1.50. The van der Waals surface area contributed by atoms with Crippen LogP contribution in [0.5, 0.6) is 6.01 Å². The Kier molecular flexibility index (Phi) is 12.4. The molecule has 21 heavy (non-hydrogen) atoms. The van der Waals surface area contributed by atoms with Gasteiger partial charge in [-0.25, -0.2) is 4.98 Å². The van der Waals surface area contributed by atoms with E-state index in [1.54, 1.807) is 6.07 Å². The van der Waals surface area contributed by atoms with Gasteiger partial charge in [0.1, 0.15) is 5.82 Å². The van der Waals surface area contributed by atoms with Crippen molar-refractivity contribution >= 4 is 11.7 Å². The summed E-state index contributed by atoms with van der Waals surface area (Å²) in [6.45, 7) is 13.4. The molecule has 0 aromatic carbocycles. The monoisotopic (exact) mass is 299 g/mol. The maximum atomic E-state index is 10.8. The predicted molar refractivity (Wildman–Crippen MR) is 85.4 cm³/mol. The number of rotatable bonds is 5. The van der Waals surface area contributed by atoms with E-state index in [1.165, 1.54) is 13.1 Å². The molecule has 0 unspecified atom stereocenters. The lowest BCUT2D eigenvalue weighted by atomic mass is 9.97. The van der Waals surface area contributed by atoms with Crippen LogP contribution in [-0.4, -0.2) is 34.2 Å². The van der Waals surface area contributed by atoms with Gasteiger partial charge in [0.15, 0.2) is 0 Å². The summed E-state index contributed by atoms with van der Waals surface area (Å²) >= 11 is 0. The summed E-state index contributed by atoms with van der Waals surface area (Å²) in [5, 5.41) is 11.6. The van der Waals surface area contributed by atoms with Crippen LogP contribution in [0.2, 0.25) is 0 Å². The second kappa shape index (κ2) is 12.1. The van der Waals surface area contributed by atoms with E-state index in [0.717, 1.165) is 0 Å². The lowest BCUT2D eigenvalue weighted by Gasteiger charge is -2.20. The fourth-order valence-electron chi connectivity index (χ4n) is 0.966. The summed E-state index contributed by atoms with van der Waals surface area (Å²) in [6, 6.07) is 1.75. The van der Waals surface area contributed by atoms with Crippen LogP contribution >= 0.6 is 0 Å². The van der Waals surface area contributed by atoms with Gasteiger partial charge < -0.3 is 15.2 Å². The zero-order valence-electron chi connectivity index (χ0n) is 14.2. The van der Waals surface area contributed by atoms with E-state index in [9.17, 15) is 4.79 Å². The first-order chi connectivity index (χ1) is 9.93. The molecule has 6 nitrogen and oxygen atoms in total. The first kappa shape index (κ1) is 21.6. The molecule has 0 aliphatic heterocycles. The molecule has 122 valence electrons. The first-order valence-corrected chi connectivity index (χ1v) is 7.27. The number of ether oxygens (including phenoxy) is 1. The van der Waals surface area contributed by atoms with Crippen LogP contribution in [0.3, 0.4) is 0 Å². The number of carbonyl (C=O) groups is 1. The van der Waals surface area contributed by atoms with Gasteiger partial charge in [0, 0.05) is 18.5 Å². The van der Waals surface area contributed by atoms with E-state index in [-0.39, 0.29) is 23.9 Å². The molecule has 1 heterocycles. The van der Waals surface area contributed by atoms with Crippen molar-refractivity contribution in [1.82, 2.24) is 9.97 Å². The van der Waals surface area contributed by atoms with Crippen LogP contribution in [0, 0.1) is 5.41 Å². The molecule has 0 saturated heterocycles. The largest absolute Gasteiger partial charge is 0.463 e. The Morgan fingerprint density at radius 3 is 2.38 bits per heavy atom. The van der Waals surface area contributed by atoms with Gasteiger partial charge in [-0.3, -0.25) is 4.79 Å². The Labute approximate surface area is 128 Å². The number of nitrogens with zero attached hydrogens (tertiary/aromatic N) is 2. The molecule has 1 rings (SSSR count). The molecule has 0 aliphatic carbocycles. The quantitative estimate of drug-likeness (QED) is 0.873. The highest BCUT2D eigenvalue weighted by Crippen LogP contribution is 2.16. The second-order valence-corrected chi connectivity index (χ2v) is 4.52. The van der Waals surface area contributed by atoms with E-state index >= 15 is 0 Å². The molecular weight excluding hydrogens is 270 g/mol. The number of aromatic nitrogens is 2. The van der Waals surface area contributed by atoms with Gasteiger partial charge in [0.25, 0.3) is 0 Å². The summed E-state index contributed by atoms with van der Waals surface area (Å²) in [4.78, 5) is 18.8. The van der Waals surface area contributed by atoms with E-state index < -0.39 is 0 Å². The van der Waals surface area contributed by atoms with Gasteiger partial charge in [-0.15, -0.1) is 0 Å². The van der Waals surface area contributed by atoms with Crippen LogP contribution in [0.25, 0.3) is 0 Å². The molecule has 0 spiro atoms. The summed E-state index contributed by atoms with van der Waals surface area (Å²) in [5.74, 6) is 0.189. The number of anilines is 1. The van der Waals surface area contributed by atoms with E-state index in [0.29, 0.717) is 12.4 Å². The Morgan fingerprint density at radius 2 is 1.90 bits per heavy atom. The van der Waals surface area contributed by atoms with Gasteiger partial charge in [0.05, 0.1) is 13.2 Å². The number of carbonyl (C=O) groups excluding carboxylic acids is 1. The topological polar surface area (TPSA) is 84.3 Å². The third-order valence-electron chi connectivity index (χ3n) is 1.96. The molecular formula is C15H29N3O3. The smallest absolute Gasteiger partial charge is 0.318 e. The highest BCUT2D eigenvalue weighted by molar-refractivity contribution is 5.87. The minimum absolute atomic E-state index is 0.0123. The lowest BCUT2D eigenvalue weighted by molar-refractivity contribution is -0.114. The standard InChI is InChI=1S/C11H17N3O3.2C2H6/c1-8(16)13-9-4-5-12-10(14-9)17-7-11(2,3)6-15;2*1-2/h4-5,15H,6-7H2,1-3H3,(H,12,13,14,16);2*1-2H3. The van der Waals surface area contributed by atoms with E-state index in [1.807, 2.05) is 41.5 Å². The molecule has 0 fully saturated rings. The average molecular weight is 299 g/mol. The summed E-state index contributed by atoms with van der Waals surface area (Å²) < 4.78 is 5.35. The van der Waals surface area contributed by atoms with Crippen molar-refractivity contribution in [3.05, 3.63) is 12.3 Å². The van der Waals surface area contributed by atoms with Gasteiger partial charge in [0.2, 0.25) is 5.91 Å². The maximum absolute atomic E-state index is 10.8. The van der Waals surface area contributed by atoms with Gasteiger partial charge in [-0.2, -0.15) is 4.98 Å². The fourth-order valence-corrected chi connectivity index (χ4v) is 0.966. The summed E-state index contributed by atoms with van der Waals surface area (Å²) in [7, 11) is 0. The molecule has 1 amide bonds. The highest BCUT2D eigenvalue weighted by Gasteiger charge is 2.18. The number of hydrogen-bond acceptors (Lipinski definition) is 5. The van der Waals surface area contributed by atoms with Crippen molar-refractivity contribution in [2.75, 3.05) is 18.5 Å². The third kappa shape index (κ3) is 10.7. The number of aliphatic hydroxyl groups is 1.